The van der Waals surface area contributed by atoms with E-state index in [0.717, 1.165) is 12.0 Å². The van der Waals surface area contributed by atoms with Crippen LogP contribution in [0, 0.1) is 0 Å². The van der Waals surface area contributed by atoms with Crippen LogP contribution in [-0.4, -0.2) is 30.7 Å². The molecule has 2 atom stereocenters. The van der Waals surface area contributed by atoms with Crippen molar-refractivity contribution >= 4 is 9.84 Å². The molecule has 0 aliphatic carbocycles. The Morgan fingerprint density at radius 1 is 1.35 bits per heavy atom. The van der Waals surface area contributed by atoms with Crippen LogP contribution < -0.4 is 5.73 Å². The smallest absolute Gasteiger partial charge is 0.157 e. The topological polar surface area (TPSA) is 85.9 Å². The van der Waals surface area contributed by atoms with E-state index in [4.69, 9.17) is 5.73 Å². The van der Waals surface area contributed by atoms with E-state index in [0.29, 0.717) is 12.2 Å². The Morgan fingerprint density at radius 3 is 2.29 bits per heavy atom. The Kier molecular flexibility index (Phi) is 4.59. The zero-order chi connectivity index (χ0) is 13.1. The second-order valence-electron chi connectivity index (χ2n) is 4.29. The number of nitrogens with zero attached hydrogens (tertiary/aromatic N) is 2. The van der Waals surface area contributed by atoms with E-state index in [1.54, 1.807) is 19.3 Å². The summed E-state index contributed by atoms with van der Waals surface area (Å²) in [5, 5.41) is -0.670. The van der Waals surface area contributed by atoms with Crippen LogP contribution >= 0.6 is 0 Å². The molecule has 5 nitrogen and oxygen atoms in total. The van der Waals surface area contributed by atoms with E-state index in [1.165, 1.54) is 6.26 Å². The lowest BCUT2D eigenvalue weighted by Gasteiger charge is -2.10. The molecule has 1 aromatic heterocycles. The molecule has 2 unspecified atom stereocenters. The van der Waals surface area contributed by atoms with Crippen molar-refractivity contribution in [2.75, 3.05) is 6.26 Å². The van der Waals surface area contributed by atoms with E-state index in [-0.39, 0.29) is 6.04 Å². The quantitative estimate of drug-likeness (QED) is 0.845. The van der Waals surface area contributed by atoms with Crippen molar-refractivity contribution in [3.8, 4) is 0 Å². The van der Waals surface area contributed by atoms with Crippen LogP contribution in [0.3, 0.4) is 0 Å². The highest BCUT2D eigenvalue weighted by molar-refractivity contribution is 7.90. The second kappa shape index (κ2) is 5.55. The molecule has 0 aliphatic heterocycles. The minimum absolute atomic E-state index is 0.0942. The Balaban J connectivity index is 2.81. The van der Waals surface area contributed by atoms with Gasteiger partial charge in [0.1, 0.15) is 11.1 Å². The zero-order valence-electron chi connectivity index (χ0n) is 10.4. The minimum atomic E-state index is -3.15. The highest BCUT2D eigenvalue weighted by atomic mass is 32.2. The third-order valence-corrected chi connectivity index (χ3v) is 4.25. The number of sulfone groups is 1. The molecule has 0 amide bonds. The van der Waals surface area contributed by atoms with Gasteiger partial charge in [0.2, 0.25) is 0 Å². The summed E-state index contributed by atoms with van der Waals surface area (Å²) in [6.07, 6.45) is 6.09. The maximum Gasteiger partial charge on any atom is 0.157 e. The average Bonchev–Trinajstić information content (AvgIpc) is 2.27. The molecule has 0 spiro atoms. The standard InChI is InChI=1S/C11H19N3O2S/c1-4-10(12)5-9-6-13-11(14-7-9)8(2)17(3,15)16/h6-8,10H,4-5,12H2,1-3H3. The lowest BCUT2D eigenvalue weighted by atomic mass is 10.1. The summed E-state index contributed by atoms with van der Waals surface area (Å²) >= 11 is 0. The molecule has 0 aliphatic rings. The summed E-state index contributed by atoms with van der Waals surface area (Å²) in [5.74, 6) is 0.335. The summed E-state index contributed by atoms with van der Waals surface area (Å²) in [4.78, 5) is 8.17. The van der Waals surface area contributed by atoms with Gasteiger partial charge in [0, 0.05) is 24.7 Å². The Hall–Kier alpha value is -1.01. The molecule has 96 valence electrons. The van der Waals surface area contributed by atoms with E-state index in [1.807, 2.05) is 6.92 Å². The maximum absolute atomic E-state index is 11.3. The van der Waals surface area contributed by atoms with E-state index in [9.17, 15) is 8.42 Å². The van der Waals surface area contributed by atoms with Crippen LogP contribution in [0.1, 0.15) is 36.9 Å². The van der Waals surface area contributed by atoms with Gasteiger partial charge in [-0.2, -0.15) is 0 Å². The third-order valence-electron chi connectivity index (χ3n) is 2.75. The van der Waals surface area contributed by atoms with Gasteiger partial charge in [-0.15, -0.1) is 0 Å². The number of nitrogens with two attached hydrogens (primary N) is 1. The fourth-order valence-corrected chi connectivity index (χ4v) is 1.82. The van der Waals surface area contributed by atoms with Crippen LogP contribution in [-0.2, 0) is 16.3 Å². The Morgan fingerprint density at radius 2 is 1.88 bits per heavy atom. The first-order valence-electron chi connectivity index (χ1n) is 5.59. The minimum Gasteiger partial charge on any atom is -0.327 e. The molecule has 0 saturated heterocycles. The fourth-order valence-electron chi connectivity index (χ4n) is 1.32. The normalized spacial score (nSPS) is 15.5. The summed E-state index contributed by atoms with van der Waals surface area (Å²) < 4.78 is 22.7. The van der Waals surface area contributed by atoms with E-state index >= 15 is 0 Å². The monoisotopic (exact) mass is 257 g/mol. The molecule has 1 rings (SSSR count). The Labute approximate surface area is 102 Å². The number of hydrogen-bond donors (Lipinski definition) is 1. The van der Waals surface area contributed by atoms with Gasteiger partial charge in [0.05, 0.1) is 0 Å². The van der Waals surface area contributed by atoms with Crippen molar-refractivity contribution in [2.45, 2.75) is 38.0 Å². The molecule has 0 saturated carbocycles. The number of hydrogen-bond acceptors (Lipinski definition) is 5. The van der Waals surface area contributed by atoms with Crippen molar-refractivity contribution in [3.05, 3.63) is 23.8 Å². The first kappa shape index (κ1) is 14.1. The van der Waals surface area contributed by atoms with Gasteiger partial charge in [0.15, 0.2) is 9.84 Å². The van der Waals surface area contributed by atoms with Gasteiger partial charge in [-0.1, -0.05) is 6.92 Å². The second-order valence-corrected chi connectivity index (χ2v) is 6.66. The molecule has 0 fully saturated rings. The Bertz CT molecular complexity index is 456. The van der Waals surface area contributed by atoms with Crippen LogP contribution in [0.25, 0.3) is 0 Å². The molecule has 6 heteroatoms. The number of aromatic nitrogens is 2. The molecule has 1 heterocycles. The van der Waals surface area contributed by atoms with Gasteiger partial charge in [-0.05, 0) is 25.3 Å². The predicted molar refractivity (Wildman–Crippen MR) is 67.3 cm³/mol. The largest absolute Gasteiger partial charge is 0.327 e. The van der Waals surface area contributed by atoms with Crippen molar-refractivity contribution in [1.82, 2.24) is 9.97 Å². The molecule has 0 aromatic carbocycles. The van der Waals surface area contributed by atoms with Crippen molar-refractivity contribution < 1.29 is 8.42 Å². The van der Waals surface area contributed by atoms with Gasteiger partial charge in [-0.25, -0.2) is 18.4 Å². The summed E-state index contributed by atoms with van der Waals surface area (Å²) in [6.45, 7) is 3.60. The van der Waals surface area contributed by atoms with Gasteiger partial charge in [-0.3, -0.25) is 0 Å². The third kappa shape index (κ3) is 4.05. The molecular formula is C11H19N3O2S. The molecule has 2 N–H and O–H groups in total. The average molecular weight is 257 g/mol. The summed E-state index contributed by atoms with van der Waals surface area (Å²) in [6, 6.07) is 0.0942. The van der Waals surface area contributed by atoms with Crippen LogP contribution in [0.2, 0.25) is 0 Å². The molecular weight excluding hydrogens is 238 g/mol. The summed E-state index contributed by atoms with van der Waals surface area (Å²) in [7, 11) is -3.15. The van der Waals surface area contributed by atoms with Crippen LogP contribution in [0.15, 0.2) is 12.4 Å². The number of rotatable bonds is 5. The first-order chi connectivity index (χ1) is 7.84. The molecule has 0 bridgehead atoms. The lowest BCUT2D eigenvalue weighted by molar-refractivity contribution is 0.588. The SMILES string of the molecule is CCC(N)Cc1cnc(C(C)S(C)(=O)=O)nc1. The fraction of sp³-hybridized carbons (Fsp3) is 0.636. The molecule has 1 aromatic rings. The predicted octanol–water partition coefficient (Wildman–Crippen LogP) is 0.862. The van der Waals surface area contributed by atoms with E-state index < -0.39 is 15.1 Å². The lowest BCUT2D eigenvalue weighted by Crippen LogP contribution is -2.21. The van der Waals surface area contributed by atoms with Crippen molar-refractivity contribution in [3.63, 3.8) is 0 Å². The zero-order valence-corrected chi connectivity index (χ0v) is 11.2. The highest BCUT2D eigenvalue weighted by Gasteiger charge is 2.19. The van der Waals surface area contributed by atoms with Gasteiger partial charge >= 0.3 is 0 Å². The highest BCUT2D eigenvalue weighted by Crippen LogP contribution is 2.16. The van der Waals surface area contributed by atoms with Gasteiger partial charge < -0.3 is 5.73 Å². The van der Waals surface area contributed by atoms with Crippen molar-refractivity contribution in [1.29, 1.82) is 0 Å². The maximum atomic E-state index is 11.3. The molecule has 0 radical (unpaired) electrons. The van der Waals surface area contributed by atoms with Gasteiger partial charge in [0.25, 0.3) is 0 Å². The molecule has 17 heavy (non-hydrogen) atoms. The van der Waals surface area contributed by atoms with Crippen LogP contribution in [0.5, 0.6) is 0 Å². The van der Waals surface area contributed by atoms with E-state index in [2.05, 4.69) is 9.97 Å². The van der Waals surface area contributed by atoms with Crippen molar-refractivity contribution in [2.24, 2.45) is 5.73 Å². The first-order valence-corrected chi connectivity index (χ1v) is 7.55. The van der Waals surface area contributed by atoms with Crippen LogP contribution in [0.4, 0.5) is 0 Å². The summed E-state index contributed by atoms with van der Waals surface area (Å²) in [5.41, 5.74) is 6.75.